The average molecular weight is 756 g/mol. The molecule has 0 N–H and O–H groups in total. The van der Waals surface area contributed by atoms with Gasteiger partial charge in [0.15, 0.2) is 0 Å². The van der Waals surface area contributed by atoms with Crippen molar-refractivity contribution in [3.8, 4) is 0 Å². The van der Waals surface area contributed by atoms with Gasteiger partial charge in [-0.05, 0) is 0 Å². The zero-order valence-corrected chi connectivity index (χ0v) is 37.5. The van der Waals surface area contributed by atoms with Gasteiger partial charge in [-0.25, -0.2) is 0 Å². The van der Waals surface area contributed by atoms with Crippen molar-refractivity contribution < 1.29 is 0 Å². The van der Waals surface area contributed by atoms with Crippen LogP contribution in [-0.4, -0.2) is 81.4 Å². The van der Waals surface area contributed by atoms with Crippen molar-refractivity contribution in [3.05, 3.63) is 59.7 Å². The summed E-state index contributed by atoms with van der Waals surface area (Å²) in [6.45, 7) is 44.9. The van der Waals surface area contributed by atoms with Crippen LogP contribution in [-0.2, 0) is 0 Å². The van der Waals surface area contributed by atoms with Gasteiger partial charge in [0.2, 0.25) is 0 Å². The molecule has 0 atom stereocenters. The Morgan fingerprint density at radius 3 is 0.795 bits per heavy atom. The Balaban J connectivity index is 2.00. The Morgan fingerprint density at radius 1 is 0.409 bits per heavy atom. The molecule has 0 saturated carbocycles. The summed E-state index contributed by atoms with van der Waals surface area (Å²) in [7, 11) is -4.02. The Morgan fingerprint density at radius 2 is 0.614 bits per heavy atom. The molecule has 3 aliphatic rings. The fourth-order valence-electron chi connectivity index (χ4n) is 10.3. The first-order valence-corrected chi connectivity index (χ1v) is 30.0. The maximum atomic E-state index is 3.22. The van der Waals surface area contributed by atoms with E-state index in [1.807, 2.05) is 0 Å². The molecule has 3 saturated heterocycles. The minimum atomic E-state index is -3.53. The van der Waals surface area contributed by atoms with Gasteiger partial charge >= 0.3 is 281 Å². The van der Waals surface area contributed by atoms with Gasteiger partial charge in [0.25, 0.3) is 0 Å². The molecule has 44 heavy (non-hydrogen) atoms. The number of benzene rings is 2. The van der Waals surface area contributed by atoms with Gasteiger partial charge in [0.05, 0.1) is 0 Å². The summed E-state index contributed by atoms with van der Waals surface area (Å²) < 4.78 is 19.1. The van der Waals surface area contributed by atoms with E-state index in [1.165, 1.54) is 22.5 Å². The Labute approximate surface area is 279 Å². The van der Waals surface area contributed by atoms with Gasteiger partial charge in [0, 0.05) is 0 Å². The van der Waals surface area contributed by atoms with E-state index < -0.39 is 45.1 Å². The van der Waals surface area contributed by atoms with Gasteiger partial charge in [-0.1, -0.05) is 0 Å². The van der Waals surface area contributed by atoms with Crippen LogP contribution in [0.15, 0.2) is 48.5 Å². The summed E-state index contributed by atoms with van der Waals surface area (Å²) >= 11 is -7.05. The van der Waals surface area contributed by atoms with Crippen molar-refractivity contribution >= 4 is 56.5 Å². The van der Waals surface area contributed by atoms with Crippen LogP contribution in [0, 0.1) is 13.8 Å². The molecule has 0 aromatic heterocycles. The first-order valence-electron chi connectivity index (χ1n) is 16.7. The monoisotopic (exact) mass is 758 g/mol. The second-order valence-electron chi connectivity index (χ2n) is 18.6. The van der Waals surface area contributed by atoms with E-state index in [0.29, 0.717) is 0 Å². The van der Waals surface area contributed by atoms with Crippen LogP contribution >= 0.6 is 0 Å². The van der Waals surface area contributed by atoms with Crippen molar-refractivity contribution in [3.63, 3.8) is 0 Å². The van der Waals surface area contributed by atoms with E-state index in [2.05, 4.69) is 191 Å². The Kier molecular flexibility index (Phi) is 7.86. The van der Waals surface area contributed by atoms with Crippen LogP contribution in [0.3, 0.4) is 0 Å². The predicted molar refractivity (Wildman–Crippen MR) is 200 cm³/mol. The van der Waals surface area contributed by atoms with Gasteiger partial charge in [-0.2, -0.15) is 0 Å². The van der Waals surface area contributed by atoms with Gasteiger partial charge < -0.3 is 0 Å². The Hall–Kier alpha value is -0.601. The molecule has 2 aromatic carbocycles. The van der Waals surface area contributed by atoms with Crippen molar-refractivity contribution in [2.24, 2.45) is 0 Å². The quantitative estimate of drug-likeness (QED) is 0.285. The first kappa shape index (κ1) is 34.7. The molecule has 3 heterocycles. The van der Waals surface area contributed by atoms with Crippen LogP contribution in [0.4, 0.5) is 11.4 Å². The summed E-state index contributed by atoms with van der Waals surface area (Å²) in [6, 6.07) is 19.4. The third-order valence-electron chi connectivity index (χ3n) is 9.86. The average Bonchev–Trinajstić information content (AvgIpc) is 2.76. The number of hydrogen-bond donors (Lipinski definition) is 0. The summed E-state index contributed by atoms with van der Waals surface area (Å²) in [5.74, 6) is 0. The standard InChI is InChI=1S/C34H62Ge2N6Si2/c1-27-19-23-29(24-20-27)37-35(39(31(3,4)5)43(15,16)40(35)32(6,7)8)38(30-25-21-28(2)22-26-30)36(37)41(33(9,10)11)44(17,18)42(36)34(12,13)14/h19-26H,1-18H3. The summed E-state index contributed by atoms with van der Waals surface area (Å²) in [4.78, 5) is 0. The van der Waals surface area contributed by atoms with Gasteiger partial charge in [0.1, 0.15) is 0 Å². The fourth-order valence-corrected chi connectivity index (χ4v) is 91.7. The molecule has 6 nitrogen and oxygen atoms in total. The summed E-state index contributed by atoms with van der Waals surface area (Å²) in [6.07, 6.45) is 0. The van der Waals surface area contributed by atoms with Crippen molar-refractivity contribution in [1.82, 2.24) is 14.1 Å². The molecule has 0 amide bonds. The van der Waals surface area contributed by atoms with Crippen LogP contribution in [0.1, 0.15) is 94.2 Å². The van der Waals surface area contributed by atoms with E-state index in [4.69, 9.17) is 0 Å². The molecule has 2 spiro atoms. The van der Waals surface area contributed by atoms with Gasteiger partial charge in [-0.15, -0.1) is 0 Å². The Bertz CT molecular complexity index is 1250. The number of hydrogen-bond acceptors (Lipinski definition) is 6. The van der Waals surface area contributed by atoms with Crippen LogP contribution in [0.5, 0.6) is 0 Å². The van der Waals surface area contributed by atoms with Crippen molar-refractivity contribution in [1.29, 1.82) is 0 Å². The second-order valence-corrected chi connectivity index (χ2v) is 46.6. The fraction of sp³-hybridized carbons (Fsp3) is 0.647. The van der Waals surface area contributed by atoms with E-state index in [0.717, 1.165) is 0 Å². The predicted octanol–water partition coefficient (Wildman–Crippen LogP) is 8.33. The number of anilines is 2. The molecule has 0 aliphatic carbocycles. The number of nitrogens with zero attached hydrogens (tertiary/aromatic N) is 6. The van der Waals surface area contributed by atoms with E-state index in [1.54, 1.807) is 0 Å². The zero-order chi connectivity index (χ0) is 33.4. The molecule has 244 valence electrons. The molecule has 0 radical (unpaired) electrons. The van der Waals surface area contributed by atoms with Crippen LogP contribution < -0.4 is 5.63 Å². The van der Waals surface area contributed by atoms with Crippen molar-refractivity contribution in [2.75, 3.05) is 5.63 Å². The topological polar surface area (TPSA) is 19.4 Å². The second kappa shape index (κ2) is 9.96. The minimum absolute atomic E-state index is 0.0447. The molecular weight excluding hydrogens is 694 g/mol. The van der Waals surface area contributed by atoms with Crippen LogP contribution in [0.25, 0.3) is 0 Å². The molecule has 0 bridgehead atoms. The normalized spacial score (nSPS) is 24.0. The first-order chi connectivity index (χ1) is 19.7. The van der Waals surface area contributed by atoms with E-state index in [-0.39, 0.29) is 22.2 Å². The molecule has 5 rings (SSSR count). The molecule has 10 heteroatoms. The molecule has 3 aliphatic heterocycles. The molecule has 0 unspecified atom stereocenters. The molecule has 3 fully saturated rings. The van der Waals surface area contributed by atoms with E-state index >= 15 is 0 Å². The van der Waals surface area contributed by atoms with Crippen LogP contribution in [0.2, 0.25) is 26.2 Å². The van der Waals surface area contributed by atoms with Gasteiger partial charge in [-0.3, -0.25) is 0 Å². The van der Waals surface area contributed by atoms with Crippen molar-refractivity contribution in [2.45, 2.75) is 145 Å². The molecule has 2 aromatic rings. The number of rotatable bonds is 2. The maximum absolute atomic E-state index is 3.53. The zero-order valence-electron chi connectivity index (χ0n) is 31.3. The third-order valence-corrected chi connectivity index (χ3v) is 67.9. The third kappa shape index (κ3) is 4.44. The summed E-state index contributed by atoms with van der Waals surface area (Å²) in [5.41, 5.74) is 5.73. The number of aryl methyl sites for hydroxylation is 2. The van der Waals surface area contributed by atoms with E-state index in [9.17, 15) is 0 Å². The molecular formula is C34H62Ge2N6Si2. The summed E-state index contributed by atoms with van der Waals surface area (Å²) in [5, 5.41) is 0. The SMILES string of the molecule is Cc1ccc([N]2[Ge]3([N](C(C)(C)C)[Si](C)(C)[N]3C(C)(C)C)[N](c3ccc(C)cc3)[Ge]23[N](C(C)(C)C)[Si](C)(C)[N]3C(C)(C)C)cc1.